The van der Waals surface area contributed by atoms with E-state index in [9.17, 15) is 4.39 Å². The van der Waals surface area contributed by atoms with Gasteiger partial charge in [-0.3, -0.25) is 0 Å². The Morgan fingerprint density at radius 3 is 1.69 bits per heavy atom. The van der Waals surface area contributed by atoms with Crippen LogP contribution in [0.5, 0.6) is 0 Å². The van der Waals surface area contributed by atoms with Crippen LogP contribution in [0, 0.1) is 6.92 Å². The third-order valence-corrected chi connectivity index (χ3v) is 1.74. The Hall–Kier alpha value is -0.850. The normalized spacial score (nSPS) is 10.3. The zero-order chi connectivity index (χ0) is 10.5. The van der Waals surface area contributed by atoms with Gasteiger partial charge in [-0.25, -0.2) is 4.39 Å². The first kappa shape index (κ1) is 12.2. The fourth-order valence-corrected chi connectivity index (χ4v) is 0.950. The summed E-state index contributed by atoms with van der Waals surface area (Å²) in [7, 11) is 0. The maximum atomic E-state index is 13.3. The maximum Gasteiger partial charge on any atom is 0.130 e. The highest BCUT2D eigenvalue weighted by atomic mass is 19.1. The molecule has 1 aromatic carbocycles. The number of hydrogen-bond acceptors (Lipinski definition) is 0. The van der Waals surface area contributed by atoms with Crippen LogP contribution in [0.3, 0.4) is 0 Å². The summed E-state index contributed by atoms with van der Waals surface area (Å²) in [6, 6.07) is 7.51. The summed E-state index contributed by atoms with van der Waals surface area (Å²) in [5, 5.41) is 0. The van der Waals surface area contributed by atoms with Crippen molar-refractivity contribution in [3.05, 3.63) is 35.4 Å². The van der Waals surface area contributed by atoms with Gasteiger partial charge in [-0.05, 0) is 26.3 Å². The number of benzene rings is 1. The molecule has 0 unspecified atom stereocenters. The number of alkyl halides is 1. The van der Waals surface area contributed by atoms with E-state index in [1.807, 2.05) is 45.0 Å². The van der Waals surface area contributed by atoms with Crippen molar-refractivity contribution in [2.75, 3.05) is 0 Å². The molecule has 0 aliphatic heterocycles. The molecule has 0 aliphatic rings. The molecule has 0 saturated heterocycles. The van der Waals surface area contributed by atoms with Crippen LogP contribution in [-0.4, -0.2) is 0 Å². The molecule has 0 heterocycles. The van der Waals surface area contributed by atoms with Gasteiger partial charge in [0, 0.05) is 0 Å². The highest BCUT2D eigenvalue weighted by Crippen LogP contribution is 2.24. The maximum absolute atomic E-state index is 13.3. The zero-order valence-corrected chi connectivity index (χ0v) is 9.19. The van der Waals surface area contributed by atoms with Crippen molar-refractivity contribution in [3.8, 4) is 0 Å². The minimum atomic E-state index is -1.21. The average Bonchev–Trinajstić information content (AvgIpc) is 2.07. The highest BCUT2D eigenvalue weighted by molar-refractivity contribution is 5.25. The summed E-state index contributed by atoms with van der Waals surface area (Å²) in [4.78, 5) is 0. The molecular formula is C12H19F. The van der Waals surface area contributed by atoms with Gasteiger partial charge in [-0.1, -0.05) is 43.7 Å². The second-order valence-corrected chi connectivity index (χ2v) is 3.34. The molecular weight excluding hydrogens is 163 g/mol. The molecule has 0 amide bonds. The molecule has 0 radical (unpaired) electrons. The molecule has 0 N–H and O–H groups in total. The number of hydrogen-bond donors (Lipinski definition) is 0. The van der Waals surface area contributed by atoms with E-state index in [2.05, 4.69) is 0 Å². The smallest absolute Gasteiger partial charge is 0.130 e. The number of halogens is 1. The van der Waals surface area contributed by atoms with Gasteiger partial charge in [0.1, 0.15) is 5.67 Å². The second kappa shape index (κ2) is 5.00. The predicted molar refractivity (Wildman–Crippen MR) is 56.7 cm³/mol. The lowest BCUT2D eigenvalue weighted by molar-refractivity contribution is 0.221. The molecule has 0 atom stereocenters. The monoisotopic (exact) mass is 182 g/mol. The van der Waals surface area contributed by atoms with Crippen LogP contribution < -0.4 is 0 Å². The van der Waals surface area contributed by atoms with Gasteiger partial charge in [-0.15, -0.1) is 0 Å². The van der Waals surface area contributed by atoms with Crippen molar-refractivity contribution < 1.29 is 4.39 Å². The summed E-state index contributed by atoms with van der Waals surface area (Å²) in [6.07, 6.45) is 0. The molecule has 0 bridgehead atoms. The van der Waals surface area contributed by atoms with E-state index in [-0.39, 0.29) is 0 Å². The first-order chi connectivity index (χ1) is 6.00. The fourth-order valence-electron chi connectivity index (χ4n) is 0.950. The Kier molecular flexibility index (Phi) is 4.68. The van der Waals surface area contributed by atoms with Gasteiger partial charge in [0.15, 0.2) is 0 Å². The average molecular weight is 182 g/mol. The Morgan fingerprint density at radius 1 is 1.00 bits per heavy atom. The van der Waals surface area contributed by atoms with Crippen LogP contribution in [0.4, 0.5) is 4.39 Å². The van der Waals surface area contributed by atoms with E-state index in [0.717, 1.165) is 11.1 Å². The highest BCUT2D eigenvalue weighted by Gasteiger charge is 2.17. The van der Waals surface area contributed by atoms with Crippen LogP contribution in [0.15, 0.2) is 24.3 Å². The van der Waals surface area contributed by atoms with E-state index in [4.69, 9.17) is 0 Å². The first-order valence-electron chi connectivity index (χ1n) is 4.76. The molecule has 0 nitrogen and oxygen atoms in total. The van der Waals surface area contributed by atoms with E-state index in [0.29, 0.717) is 0 Å². The minimum absolute atomic E-state index is 0.739. The lowest BCUT2D eigenvalue weighted by atomic mass is 9.99. The van der Waals surface area contributed by atoms with Gasteiger partial charge in [0.2, 0.25) is 0 Å². The Morgan fingerprint density at radius 2 is 1.38 bits per heavy atom. The Balaban J connectivity index is 0.000000671. The molecule has 0 aromatic heterocycles. The third-order valence-electron chi connectivity index (χ3n) is 1.74. The van der Waals surface area contributed by atoms with Crippen LogP contribution in [-0.2, 0) is 5.67 Å². The van der Waals surface area contributed by atoms with Gasteiger partial charge in [0.05, 0.1) is 0 Å². The van der Waals surface area contributed by atoms with Crippen molar-refractivity contribution in [1.29, 1.82) is 0 Å². The molecule has 0 aliphatic carbocycles. The van der Waals surface area contributed by atoms with E-state index < -0.39 is 5.67 Å². The molecule has 1 rings (SSSR count). The minimum Gasteiger partial charge on any atom is -0.239 e. The van der Waals surface area contributed by atoms with Gasteiger partial charge in [0.25, 0.3) is 0 Å². The van der Waals surface area contributed by atoms with E-state index in [1.165, 1.54) is 0 Å². The van der Waals surface area contributed by atoms with Gasteiger partial charge >= 0.3 is 0 Å². The molecule has 0 saturated carbocycles. The van der Waals surface area contributed by atoms with Crippen molar-refractivity contribution in [1.82, 2.24) is 0 Å². The van der Waals surface area contributed by atoms with E-state index >= 15 is 0 Å². The third kappa shape index (κ3) is 4.07. The Labute approximate surface area is 80.8 Å². The van der Waals surface area contributed by atoms with Crippen LogP contribution in [0.25, 0.3) is 0 Å². The van der Waals surface area contributed by atoms with Crippen LogP contribution >= 0.6 is 0 Å². The lowest BCUT2D eigenvalue weighted by Gasteiger charge is -2.14. The van der Waals surface area contributed by atoms with Crippen LogP contribution in [0.1, 0.15) is 38.8 Å². The fraction of sp³-hybridized carbons (Fsp3) is 0.500. The zero-order valence-electron chi connectivity index (χ0n) is 9.19. The topological polar surface area (TPSA) is 0 Å². The van der Waals surface area contributed by atoms with E-state index in [1.54, 1.807) is 13.8 Å². The molecule has 1 aromatic rings. The summed E-state index contributed by atoms with van der Waals surface area (Å²) in [5.41, 5.74) is 0.689. The second-order valence-electron chi connectivity index (χ2n) is 3.34. The summed E-state index contributed by atoms with van der Waals surface area (Å²) in [5.74, 6) is 0. The Bertz CT molecular complexity index is 228. The van der Waals surface area contributed by atoms with Crippen molar-refractivity contribution in [3.63, 3.8) is 0 Å². The lowest BCUT2D eigenvalue weighted by Crippen LogP contribution is -2.08. The quantitative estimate of drug-likeness (QED) is 0.609. The largest absolute Gasteiger partial charge is 0.239 e. The summed E-state index contributed by atoms with van der Waals surface area (Å²) < 4.78 is 13.3. The standard InChI is InChI=1S/C10H13F.C2H6/c1-8-4-6-9(7-5-8)10(2,3)11;1-2/h4-7H,1-3H3;1-2H3. The molecule has 1 heteroatoms. The van der Waals surface area contributed by atoms with Gasteiger partial charge in [-0.2, -0.15) is 0 Å². The summed E-state index contributed by atoms with van der Waals surface area (Å²) >= 11 is 0. The first-order valence-corrected chi connectivity index (χ1v) is 4.76. The van der Waals surface area contributed by atoms with Crippen molar-refractivity contribution in [2.24, 2.45) is 0 Å². The van der Waals surface area contributed by atoms with Gasteiger partial charge < -0.3 is 0 Å². The predicted octanol–water partition coefficient (Wildman–Crippen LogP) is 4.23. The molecule has 74 valence electrons. The molecule has 13 heavy (non-hydrogen) atoms. The SMILES string of the molecule is CC.Cc1ccc(C(C)(C)F)cc1. The van der Waals surface area contributed by atoms with Crippen molar-refractivity contribution in [2.45, 2.75) is 40.3 Å². The van der Waals surface area contributed by atoms with Crippen molar-refractivity contribution >= 4 is 0 Å². The number of aryl methyl sites for hydroxylation is 1. The summed E-state index contributed by atoms with van der Waals surface area (Å²) in [6.45, 7) is 9.13. The molecule has 0 fully saturated rings. The molecule has 0 spiro atoms. The number of rotatable bonds is 1. The van der Waals surface area contributed by atoms with Crippen LogP contribution in [0.2, 0.25) is 0 Å².